The summed E-state index contributed by atoms with van der Waals surface area (Å²) in [6, 6.07) is 10.3. The van der Waals surface area contributed by atoms with Gasteiger partial charge in [-0.3, -0.25) is 9.36 Å². The van der Waals surface area contributed by atoms with Crippen molar-refractivity contribution in [1.29, 1.82) is 0 Å². The molecule has 2 aromatic heterocycles. The molecule has 0 N–H and O–H groups in total. The lowest BCUT2D eigenvalue weighted by Crippen LogP contribution is -2.29. The molecule has 0 amide bonds. The molecule has 0 saturated carbocycles. The zero-order chi connectivity index (χ0) is 19.7. The predicted molar refractivity (Wildman–Crippen MR) is 118 cm³/mol. The van der Waals surface area contributed by atoms with Crippen molar-refractivity contribution in [2.24, 2.45) is 5.92 Å². The van der Waals surface area contributed by atoms with Crippen molar-refractivity contribution >= 4 is 33.3 Å². The molecule has 0 unspecified atom stereocenters. The molecule has 1 aromatic carbocycles. The van der Waals surface area contributed by atoms with E-state index in [4.69, 9.17) is 9.72 Å². The van der Waals surface area contributed by atoms with Crippen LogP contribution in [0.4, 0.5) is 0 Å². The Morgan fingerprint density at radius 3 is 2.82 bits per heavy atom. The maximum absolute atomic E-state index is 13.5. The first kappa shape index (κ1) is 19.7. The van der Waals surface area contributed by atoms with Gasteiger partial charge in [-0.1, -0.05) is 62.9 Å². The van der Waals surface area contributed by atoms with Crippen LogP contribution in [-0.2, 0) is 30.7 Å². The summed E-state index contributed by atoms with van der Waals surface area (Å²) in [5, 5.41) is 1.65. The topological polar surface area (TPSA) is 44.1 Å². The molecule has 0 fully saturated rings. The van der Waals surface area contributed by atoms with Crippen molar-refractivity contribution in [1.82, 2.24) is 9.55 Å². The molecule has 1 aliphatic heterocycles. The minimum absolute atomic E-state index is 0.110. The number of thiophene rings is 1. The van der Waals surface area contributed by atoms with Crippen molar-refractivity contribution in [3.63, 3.8) is 0 Å². The summed E-state index contributed by atoms with van der Waals surface area (Å²) in [5.74, 6) is 1.33. The molecule has 3 heterocycles. The quantitative estimate of drug-likeness (QED) is 0.425. The summed E-state index contributed by atoms with van der Waals surface area (Å²) in [6.07, 6.45) is 1.81. The van der Waals surface area contributed by atoms with Crippen LogP contribution in [0.15, 0.2) is 40.3 Å². The van der Waals surface area contributed by atoms with Gasteiger partial charge in [0.15, 0.2) is 5.16 Å². The van der Waals surface area contributed by atoms with Gasteiger partial charge in [0.25, 0.3) is 5.56 Å². The lowest BCUT2D eigenvalue weighted by atomic mass is 9.96. The van der Waals surface area contributed by atoms with Crippen LogP contribution < -0.4 is 5.56 Å². The summed E-state index contributed by atoms with van der Waals surface area (Å²) in [7, 11) is 0. The van der Waals surface area contributed by atoms with Gasteiger partial charge in [0, 0.05) is 17.8 Å². The Bertz CT molecular complexity index is 1020. The average Bonchev–Trinajstić information content (AvgIpc) is 3.06. The third-order valence-electron chi connectivity index (χ3n) is 5.28. The molecular weight excluding hydrogens is 388 g/mol. The number of nitrogens with zero attached hydrogens (tertiary/aromatic N) is 2. The van der Waals surface area contributed by atoms with Crippen molar-refractivity contribution in [2.45, 2.75) is 58.0 Å². The summed E-state index contributed by atoms with van der Waals surface area (Å²) in [4.78, 5) is 20.5. The highest BCUT2D eigenvalue weighted by atomic mass is 32.2. The van der Waals surface area contributed by atoms with E-state index >= 15 is 0 Å². The normalized spacial score (nSPS) is 16.6. The molecule has 0 aliphatic carbocycles. The third-order valence-corrected chi connectivity index (χ3v) is 7.23. The standard InChI is InChI=1S/C22H26N2O2S2/c1-4-27-22-23-20-19(16-12-17(14(2)3)26-13-18(16)28-20)21(25)24(22)11-10-15-8-6-5-7-9-15/h5-9,14,17H,4,10-13H2,1-3H3/t17-/m1/s1. The van der Waals surface area contributed by atoms with Crippen LogP contribution in [0.5, 0.6) is 0 Å². The first-order valence-corrected chi connectivity index (χ1v) is 11.7. The number of ether oxygens (including phenoxy) is 1. The summed E-state index contributed by atoms with van der Waals surface area (Å²) < 4.78 is 7.90. The zero-order valence-corrected chi connectivity index (χ0v) is 18.2. The van der Waals surface area contributed by atoms with Crippen molar-refractivity contribution < 1.29 is 4.74 Å². The Hall–Kier alpha value is -1.63. The lowest BCUT2D eigenvalue weighted by molar-refractivity contribution is 0.00200. The molecule has 4 rings (SSSR count). The lowest BCUT2D eigenvalue weighted by Gasteiger charge is -2.26. The number of thioether (sulfide) groups is 1. The van der Waals surface area contributed by atoms with Crippen molar-refractivity contribution in [3.8, 4) is 0 Å². The molecule has 148 valence electrons. The predicted octanol–water partition coefficient (Wildman–Crippen LogP) is 4.91. The van der Waals surface area contributed by atoms with Crippen LogP contribution in [-0.4, -0.2) is 21.4 Å². The number of aromatic nitrogens is 2. The second kappa shape index (κ2) is 8.39. The van der Waals surface area contributed by atoms with E-state index in [1.54, 1.807) is 23.1 Å². The van der Waals surface area contributed by atoms with Crippen LogP contribution in [0.1, 0.15) is 36.8 Å². The molecular formula is C22H26N2O2S2. The molecule has 1 aliphatic rings. The van der Waals surface area contributed by atoms with Crippen molar-refractivity contribution in [3.05, 3.63) is 56.7 Å². The van der Waals surface area contributed by atoms with E-state index in [0.29, 0.717) is 19.1 Å². The van der Waals surface area contributed by atoms with Crippen molar-refractivity contribution in [2.75, 3.05) is 5.75 Å². The Balaban J connectivity index is 1.77. The minimum Gasteiger partial charge on any atom is -0.372 e. The molecule has 1 atom stereocenters. The molecule has 0 radical (unpaired) electrons. The fraction of sp³-hybridized carbons (Fsp3) is 0.455. The maximum Gasteiger partial charge on any atom is 0.263 e. The van der Waals surface area contributed by atoms with Crippen LogP contribution in [0.25, 0.3) is 10.2 Å². The second-order valence-electron chi connectivity index (χ2n) is 7.50. The average molecular weight is 415 g/mol. The number of rotatable bonds is 6. The van der Waals surface area contributed by atoms with E-state index in [9.17, 15) is 4.79 Å². The van der Waals surface area contributed by atoms with E-state index < -0.39 is 0 Å². The Morgan fingerprint density at radius 1 is 1.32 bits per heavy atom. The van der Waals surface area contributed by atoms with Gasteiger partial charge in [-0.05, 0) is 29.2 Å². The van der Waals surface area contributed by atoms with Crippen LogP contribution in [0, 0.1) is 5.92 Å². The fourth-order valence-electron chi connectivity index (χ4n) is 3.69. The number of fused-ring (bicyclic) bond motifs is 3. The van der Waals surface area contributed by atoms with Crippen LogP contribution in [0.2, 0.25) is 0 Å². The molecule has 4 nitrogen and oxygen atoms in total. The highest BCUT2D eigenvalue weighted by Gasteiger charge is 2.28. The Kier molecular flexibility index (Phi) is 5.90. The molecule has 6 heteroatoms. The first-order chi connectivity index (χ1) is 13.6. The van der Waals surface area contributed by atoms with E-state index in [1.807, 2.05) is 22.8 Å². The van der Waals surface area contributed by atoms with E-state index in [-0.39, 0.29) is 11.7 Å². The van der Waals surface area contributed by atoms with Gasteiger partial charge in [-0.15, -0.1) is 11.3 Å². The highest BCUT2D eigenvalue weighted by molar-refractivity contribution is 7.99. The van der Waals surface area contributed by atoms with Gasteiger partial charge >= 0.3 is 0 Å². The van der Waals surface area contributed by atoms with Gasteiger partial charge in [0.05, 0.1) is 18.1 Å². The highest BCUT2D eigenvalue weighted by Crippen LogP contribution is 2.35. The van der Waals surface area contributed by atoms with Crippen LogP contribution >= 0.6 is 23.1 Å². The van der Waals surface area contributed by atoms with E-state index in [2.05, 4.69) is 32.9 Å². The van der Waals surface area contributed by atoms with E-state index in [1.165, 1.54) is 16.0 Å². The number of hydrogen-bond acceptors (Lipinski definition) is 5. The first-order valence-electron chi connectivity index (χ1n) is 9.91. The molecule has 3 aromatic rings. The zero-order valence-electron chi connectivity index (χ0n) is 16.6. The number of benzene rings is 1. The summed E-state index contributed by atoms with van der Waals surface area (Å²) >= 11 is 3.27. The molecule has 0 bridgehead atoms. The maximum atomic E-state index is 13.5. The SMILES string of the molecule is CCSc1nc2sc3c(c2c(=O)n1CCc1ccccc1)C[C@H](C(C)C)OC3. The van der Waals surface area contributed by atoms with Gasteiger partial charge in [-0.2, -0.15) is 0 Å². The third kappa shape index (κ3) is 3.78. The number of hydrogen-bond donors (Lipinski definition) is 0. The Morgan fingerprint density at radius 2 is 2.11 bits per heavy atom. The van der Waals surface area contributed by atoms with Gasteiger partial charge in [-0.25, -0.2) is 4.98 Å². The molecule has 0 spiro atoms. The smallest absolute Gasteiger partial charge is 0.263 e. The van der Waals surface area contributed by atoms with Gasteiger partial charge in [0.1, 0.15) is 4.83 Å². The minimum atomic E-state index is 0.110. The van der Waals surface area contributed by atoms with Crippen LogP contribution in [0.3, 0.4) is 0 Å². The second-order valence-corrected chi connectivity index (χ2v) is 9.82. The Labute approximate surface area is 174 Å². The van der Waals surface area contributed by atoms with Gasteiger partial charge in [0.2, 0.25) is 0 Å². The van der Waals surface area contributed by atoms with E-state index in [0.717, 1.165) is 34.0 Å². The summed E-state index contributed by atoms with van der Waals surface area (Å²) in [6.45, 7) is 7.71. The van der Waals surface area contributed by atoms with Gasteiger partial charge < -0.3 is 4.74 Å². The number of aryl methyl sites for hydroxylation is 1. The molecule has 0 saturated heterocycles. The fourth-order valence-corrected chi connectivity index (χ4v) is 5.61. The molecule has 28 heavy (non-hydrogen) atoms. The monoisotopic (exact) mass is 414 g/mol. The largest absolute Gasteiger partial charge is 0.372 e. The summed E-state index contributed by atoms with van der Waals surface area (Å²) in [5.41, 5.74) is 2.52.